The van der Waals surface area contributed by atoms with Crippen LogP contribution in [0.3, 0.4) is 0 Å². The fourth-order valence-corrected chi connectivity index (χ4v) is 3.68. The topological polar surface area (TPSA) is 15.3 Å². The monoisotopic (exact) mass is 300 g/mol. The van der Waals surface area contributed by atoms with Gasteiger partial charge in [0.15, 0.2) is 0 Å². The third kappa shape index (κ3) is 4.67. The molecule has 0 amide bonds. The van der Waals surface area contributed by atoms with Gasteiger partial charge in [0.25, 0.3) is 0 Å². The molecule has 2 nitrogen and oxygen atoms in total. The third-order valence-electron chi connectivity index (χ3n) is 4.27. The predicted molar refractivity (Wildman–Crippen MR) is 90.5 cm³/mol. The minimum atomic E-state index is 0.844. The number of thiophene rings is 1. The van der Waals surface area contributed by atoms with Crippen molar-refractivity contribution >= 4 is 11.3 Å². The molecule has 1 fully saturated rings. The molecule has 3 rings (SSSR count). The summed E-state index contributed by atoms with van der Waals surface area (Å²) < 4.78 is 0. The molecule has 1 aromatic carbocycles. The molecular weight excluding hydrogens is 276 g/mol. The first-order valence-corrected chi connectivity index (χ1v) is 8.77. The molecule has 0 unspecified atom stereocenters. The van der Waals surface area contributed by atoms with Crippen LogP contribution in [-0.2, 0) is 13.1 Å². The molecule has 1 aromatic heterocycles. The van der Waals surface area contributed by atoms with E-state index in [1.54, 1.807) is 0 Å². The maximum atomic E-state index is 3.61. The van der Waals surface area contributed by atoms with E-state index in [0.717, 1.165) is 25.6 Å². The SMILES string of the molecule is c1ccc(CN2CCC(CNCc3cccs3)CC2)cc1. The van der Waals surface area contributed by atoms with Crippen LogP contribution in [0.1, 0.15) is 23.3 Å². The Kier molecular flexibility index (Phi) is 5.44. The summed E-state index contributed by atoms with van der Waals surface area (Å²) in [6.45, 7) is 5.77. The molecule has 1 N–H and O–H groups in total. The smallest absolute Gasteiger partial charge is 0.0299 e. The molecule has 112 valence electrons. The molecule has 0 saturated carbocycles. The van der Waals surface area contributed by atoms with E-state index in [9.17, 15) is 0 Å². The number of rotatable bonds is 6. The van der Waals surface area contributed by atoms with Crippen LogP contribution in [0, 0.1) is 5.92 Å². The quantitative estimate of drug-likeness (QED) is 0.874. The highest BCUT2D eigenvalue weighted by atomic mass is 32.1. The molecule has 2 aromatic rings. The van der Waals surface area contributed by atoms with Gasteiger partial charge in [-0.1, -0.05) is 36.4 Å². The molecule has 3 heteroatoms. The van der Waals surface area contributed by atoms with Crippen LogP contribution < -0.4 is 5.32 Å². The Morgan fingerprint density at radius 2 is 1.86 bits per heavy atom. The number of piperidine rings is 1. The maximum Gasteiger partial charge on any atom is 0.0299 e. The van der Waals surface area contributed by atoms with Crippen molar-refractivity contribution in [1.29, 1.82) is 0 Å². The van der Waals surface area contributed by atoms with E-state index in [0.29, 0.717) is 0 Å². The summed E-state index contributed by atoms with van der Waals surface area (Å²) in [5.41, 5.74) is 1.44. The van der Waals surface area contributed by atoms with Gasteiger partial charge >= 0.3 is 0 Å². The van der Waals surface area contributed by atoms with Crippen LogP contribution in [0.15, 0.2) is 47.8 Å². The van der Waals surface area contributed by atoms with Gasteiger partial charge in [-0.2, -0.15) is 0 Å². The highest BCUT2D eigenvalue weighted by Gasteiger charge is 2.18. The number of benzene rings is 1. The number of likely N-dealkylation sites (tertiary alicyclic amines) is 1. The molecule has 1 aliphatic heterocycles. The number of nitrogens with one attached hydrogen (secondary N) is 1. The Hall–Kier alpha value is -1.16. The van der Waals surface area contributed by atoms with E-state index in [4.69, 9.17) is 0 Å². The fourth-order valence-electron chi connectivity index (χ4n) is 3.00. The second-order valence-electron chi connectivity index (χ2n) is 5.92. The molecule has 0 radical (unpaired) electrons. The third-order valence-corrected chi connectivity index (χ3v) is 5.14. The molecule has 2 heterocycles. The average Bonchev–Trinajstić information content (AvgIpc) is 3.03. The first-order chi connectivity index (χ1) is 10.4. The van der Waals surface area contributed by atoms with Gasteiger partial charge < -0.3 is 5.32 Å². The van der Waals surface area contributed by atoms with E-state index in [-0.39, 0.29) is 0 Å². The Morgan fingerprint density at radius 1 is 1.05 bits per heavy atom. The van der Waals surface area contributed by atoms with E-state index in [2.05, 4.69) is 58.1 Å². The molecule has 0 bridgehead atoms. The van der Waals surface area contributed by atoms with Gasteiger partial charge in [-0.3, -0.25) is 4.90 Å². The van der Waals surface area contributed by atoms with Gasteiger partial charge in [-0.05, 0) is 55.4 Å². The normalized spacial score (nSPS) is 17.1. The van der Waals surface area contributed by atoms with Crippen LogP contribution in [0.4, 0.5) is 0 Å². The molecule has 1 saturated heterocycles. The molecule has 21 heavy (non-hydrogen) atoms. The van der Waals surface area contributed by atoms with E-state index < -0.39 is 0 Å². The van der Waals surface area contributed by atoms with Crippen LogP contribution in [0.5, 0.6) is 0 Å². The van der Waals surface area contributed by atoms with Crippen LogP contribution in [-0.4, -0.2) is 24.5 Å². The van der Waals surface area contributed by atoms with Crippen LogP contribution in [0.25, 0.3) is 0 Å². The summed E-state index contributed by atoms with van der Waals surface area (Å²) in [4.78, 5) is 4.03. The van der Waals surface area contributed by atoms with E-state index in [1.165, 1.54) is 36.4 Å². The zero-order chi connectivity index (χ0) is 14.3. The second-order valence-corrected chi connectivity index (χ2v) is 6.95. The summed E-state index contributed by atoms with van der Waals surface area (Å²) in [6, 6.07) is 15.2. The van der Waals surface area contributed by atoms with Crippen molar-refractivity contribution in [3.63, 3.8) is 0 Å². The average molecular weight is 300 g/mol. The summed E-state index contributed by atoms with van der Waals surface area (Å²) in [5, 5.41) is 5.77. The highest BCUT2D eigenvalue weighted by Crippen LogP contribution is 2.18. The zero-order valence-corrected chi connectivity index (χ0v) is 13.3. The lowest BCUT2D eigenvalue weighted by Crippen LogP contribution is -2.36. The number of hydrogen-bond acceptors (Lipinski definition) is 3. The van der Waals surface area contributed by atoms with Crippen molar-refractivity contribution in [3.8, 4) is 0 Å². The Morgan fingerprint density at radius 3 is 2.57 bits per heavy atom. The highest BCUT2D eigenvalue weighted by molar-refractivity contribution is 7.09. The van der Waals surface area contributed by atoms with Gasteiger partial charge in [0.2, 0.25) is 0 Å². The second kappa shape index (κ2) is 7.74. The van der Waals surface area contributed by atoms with Gasteiger partial charge in [-0.15, -0.1) is 11.3 Å². The summed E-state index contributed by atoms with van der Waals surface area (Å²) >= 11 is 1.84. The maximum absolute atomic E-state index is 3.61. The van der Waals surface area contributed by atoms with Gasteiger partial charge in [0.1, 0.15) is 0 Å². The number of nitrogens with zero attached hydrogens (tertiary/aromatic N) is 1. The largest absolute Gasteiger partial charge is 0.312 e. The van der Waals surface area contributed by atoms with Gasteiger partial charge in [-0.25, -0.2) is 0 Å². The van der Waals surface area contributed by atoms with Crippen LogP contribution >= 0.6 is 11.3 Å². The Bertz CT molecular complexity index is 501. The lowest BCUT2D eigenvalue weighted by atomic mass is 9.96. The van der Waals surface area contributed by atoms with Crippen molar-refractivity contribution in [2.24, 2.45) is 5.92 Å². The first-order valence-electron chi connectivity index (χ1n) is 7.89. The van der Waals surface area contributed by atoms with Crippen molar-refractivity contribution in [2.45, 2.75) is 25.9 Å². The first kappa shape index (κ1) is 14.8. The van der Waals surface area contributed by atoms with Gasteiger partial charge in [0.05, 0.1) is 0 Å². The van der Waals surface area contributed by atoms with Crippen molar-refractivity contribution in [3.05, 3.63) is 58.3 Å². The molecule has 0 spiro atoms. The standard InChI is InChI=1S/C18H24N2S/c1-2-5-17(6-3-1)15-20-10-8-16(9-11-20)13-19-14-18-7-4-12-21-18/h1-7,12,16,19H,8-11,13-15H2. The molecular formula is C18H24N2S. The lowest BCUT2D eigenvalue weighted by Gasteiger charge is -2.32. The lowest BCUT2D eigenvalue weighted by molar-refractivity contribution is 0.175. The van der Waals surface area contributed by atoms with Crippen molar-refractivity contribution < 1.29 is 0 Å². The van der Waals surface area contributed by atoms with Crippen molar-refractivity contribution in [2.75, 3.05) is 19.6 Å². The molecule has 0 aliphatic carbocycles. The predicted octanol–water partition coefficient (Wildman–Crippen LogP) is 3.75. The fraction of sp³-hybridized carbons (Fsp3) is 0.444. The number of hydrogen-bond donors (Lipinski definition) is 1. The summed E-state index contributed by atoms with van der Waals surface area (Å²) in [6.07, 6.45) is 2.65. The summed E-state index contributed by atoms with van der Waals surface area (Å²) in [7, 11) is 0. The summed E-state index contributed by atoms with van der Waals surface area (Å²) in [5.74, 6) is 0.844. The van der Waals surface area contributed by atoms with Crippen LogP contribution in [0.2, 0.25) is 0 Å². The van der Waals surface area contributed by atoms with Crippen molar-refractivity contribution in [1.82, 2.24) is 10.2 Å². The minimum Gasteiger partial charge on any atom is -0.312 e. The van der Waals surface area contributed by atoms with E-state index in [1.807, 2.05) is 11.3 Å². The van der Waals surface area contributed by atoms with Gasteiger partial charge in [0, 0.05) is 18.0 Å². The zero-order valence-electron chi connectivity index (χ0n) is 12.5. The Labute approximate surface area is 131 Å². The molecule has 1 aliphatic rings. The van der Waals surface area contributed by atoms with E-state index >= 15 is 0 Å². The Balaban J connectivity index is 1.35. The minimum absolute atomic E-state index is 0.844. The molecule has 0 atom stereocenters.